The number of hydrogen-bond acceptors (Lipinski definition) is 2. The zero-order valence-corrected chi connectivity index (χ0v) is 12.7. The topological polar surface area (TPSA) is 20.3 Å². The van der Waals surface area contributed by atoms with Gasteiger partial charge >= 0.3 is 0 Å². The number of halogens is 1. The van der Waals surface area contributed by atoms with Crippen LogP contribution < -0.4 is 0 Å². The summed E-state index contributed by atoms with van der Waals surface area (Å²) in [5.74, 6) is 0.0391. The van der Waals surface area contributed by atoms with Crippen molar-refractivity contribution in [2.75, 3.05) is 7.05 Å². The molecule has 2 aromatic rings. The second kappa shape index (κ2) is 5.67. The summed E-state index contributed by atoms with van der Waals surface area (Å²) in [4.78, 5) is 15.3. The van der Waals surface area contributed by atoms with Crippen molar-refractivity contribution in [2.45, 2.75) is 13.0 Å². The van der Waals surface area contributed by atoms with E-state index in [1.54, 1.807) is 16.2 Å². The van der Waals surface area contributed by atoms with Gasteiger partial charge in [0.05, 0.1) is 6.04 Å². The maximum Gasteiger partial charge on any atom is 0.254 e. The zero-order valence-electron chi connectivity index (χ0n) is 10.3. The Bertz CT molecular complexity index is 538. The fraction of sp³-hybridized carbons (Fsp3) is 0.214. The van der Waals surface area contributed by atoms with Crippen LogP contribution in [0.4, 0.5) is 0 Å². The van der Waals surface area contributed by atoms with Crippen molar-refractivity contribution < 1.29 is 4.79 Å². The van der Waals surface area contributed by atoms with Gasteiger partial charge in [0.25, 0.3) is 5.91 Å². The molecule has 1 aromatic heterocycles. The molecule has 0 aliphatic rings. The number of carbonyl (C=O) groups excluding carboxylic acids is 1. The van der Waals surface area contributed by atoms with Crippen LogP contribution in [0.25, 0.3) is 0 Å². The van der Waals surface area contributed by atoms with E-state index in [4.69, 9.17) is 0 Å². The van der Waals surface area contributed by atoms with E-state index in [-0.39, 0.29) is 11.9 Å². The fourth-order valence-electron chi connectivity index (χ4n) is 1.72. The van der Waals surface area contributed by atoms with Gasteiger partial charge in [-0.05, 0) is 36.6 Å². The van der Waals surface area contributed by atoms with E-state index in [2.05, 4.69) is 22.0 Å². The highest BCUT2D eigenvalue weighted by Crippen LogP contribution is 2.25. The molecule has 0 N–H and O–H groups in total. The van der Waals surface area contributed by atoms with Crippen LogP contribution >= 0.6 is 27.3 Å². The SMILES string of the molecule is CC(c1cccs1)N(C)C(=O)c1cccc(Br)c1. The number of carbonyl (C=O) groups is 1. The summed E-state index contributed by atoms with van der Waals surface area (Å²) in [5.41, 5.74) is 0.704. The first-order valence-corrected chi connectivity index (χ1v) is 7.33. The monoisotopic (exact) mass is 323 g/mol. The quantitative estimate of drug-likeness (QED) is 0.822. The van der Waals surface area contributed by atoms with Gasteiger partial charge in [-0.25, -0.2) is 0 Å². The molecule has 0 saturated carbocycles. The molecular weight excluding hydrogens is 310 g/mol. The molecule has 0 radical (unpaired) electrons. The number of nitrogens with zero attached hydrogens (tertiary/aromatic N) is 1. The first kappa shape index (κ1) is 13.3. The summed E-state index contributed by atoms with van der Waals surface area (Å²) >= 11 is 5.06. The third-order valence-corrected chi connectivity index (χ3v) is 4.46. The molecule has 0 aliphatic carbocycles. The Kier molecular flexibility index (Phi) is 4.19. The van der Waals surface area contributed by atoms with Crippen LogP contribution in [0.5, 0.6) is 0 Å². The number of amides is 1. The minimum atomic E-state index is 0.0391. The van der Waals surface area contributed by atoms with Gasteiger partial charge in [0.2, 0.25) is 0 Å². The van der Waals surface area contributed by atoms with Crippen LogP contribution in [0.3, 0.4) is 0 Å². The number of thiophene rings is 1. The molecule has 4 heteroatoms. The lowest BCUT2D eigenvalue weighted by Crippen LogP contribution is -2.29. The maximum absolute atomic E-state index is 12.3. The summed E-state index contributed by atoms with van der Waals surface area (Å²) in [6.07, 6.45) is 0. The van der Waals surface area contributed by atoms with Crippen molar-refractivity contribution >= 4 is 33.2 Å². The minimum Gasteiger partial charge on any atom is -0.334 e. The van der Waals surface area contributed by atoms with E-state index < -0.39 is 0 Å². The van der Waals surface area contributed by atoms with Crippen molar-refractivity contribution in [1.82, 2.24) is 4.90 Å². The zero-order chi connectivity index (χ0) is 13.1. The third-order valence-electron chi connectivity index (χ3n) is 2.93. The number of rotatable bonds is 3. The first-order chi connectivity index (χ1) is 8.59. The van der Waals surface area contributed by atoms with Crippen LogP contribution in [-0.2, 0) is 0 Å². The van der Waals surface area contributed by atoms with Gasteiger partial charge in [-0.3, -0.25) is 4.79 Å². The second-order valence-corrected chi connectivity index (χ2v) is 6.01. The van der Waals surface area contributed by atoms with Gasteiger partial charge in [0.15, 0.2) is 0 Å². The predicted molar refractivity (Wildman–Crippen MR) is 79.0 cm³/mol. The predicted octanol–water partition coefficient (Wildman–Crippen LogP) is 4.34. The van der Waals surface area contributed by atoms with Gasteiger partial charge in [-0.2, -0.15) is 0 Å². The third kappa shape index (κ3) is 2.82. The highest BCUT2D eigenvalue weighted by molar-refractivity contribution is 9.10. The van der Waals surface area contributed by atoms with Crippen LogP contribution in [-0.4, -0.2) is 17.9 Å². The molecule has 1 unspecified atom stereocenters. The van der Waals surface area contributed by atoms with E-state index in [9.17, 15) is 4.79 Å². The lowest BCUT2D eigenvalue weighted by atomic mass is 10.1. The molecule has 0 bridgehead atoms. The Morgan fingerprint density at radius 1 is 1.33 bits per heavy atom. The average Bonchev–Trinajstić information content (AvgIpc) is 2.90. The second-order valence-electron chi connectivity index (χ2n) is 4.12. The summed E-state index contributed by atoms with van der Waals surface area (Å²) < 4.78 is 0.922. The molecule has 18 heavy (non-hydrogen) atoms. The van der Waals surface area contributed by atoms with E-state index in [0.717, 1.165) is 4.47 Å². The molecule has 1 amide bonds. The molecule has 0 fully saturated rings. The van der Waals surface area contributed by atoms with Crippen molar-refractivity contribution in [3.05, 3.63) is 56.7 Å². The fourth-order valence-corrected chi connectivity index (χ4v) is 2.95. The van der Waals surface area contributed by atoms with Crippen LogP contribution in [0.2, 0.25) is 0 Å². The van der Waals surface area contributed by atoms with Crippen LogP contribution in [0.1, 0.15) is 28.2 Å². The van der Waals surface area contributed by atoms with Crippen LogP contribution in [0.15, 0.2) is 46.3 Å². The van der Waals surface area contributed by atoms with Gasteiger partial charge < -0.3 is 4.90 Å². The molecule has 1 atom stereocenters. The molecule has 0 saturated heterocycles. The van der Waals surface area contributed by atoms with E-state index >= 15 is 0 Å². The Morgan fingerprint density at radius 2 is 2.11 bits per heavy atom. The Labute approximate surface area is 119 Å². The van der Waals surface area contributed by atoms with Crippen LogP contribution in [0, 0.1) is 0 Å². The Hall–Kier alpha value is -1.13. The molecular formula is C14H14BrNOS. The smallest absolute Gasteiger partial charge is 0.254 e. The highest BCUT2D eigenvalue weighted by atomic mass is 79.9. The molecule has 2 rings (SSSR count). The van der Waals surface area contributed by atoms with Crippen molar-refractivity contribution in [3.8, 4) is 0 Å². The lowest BCUT2D eigenvalue weighted by molar-refractivity contribution is 0.0745. The highest BCUT2D eigenvalue weighted by Gasteiger charge is 2.19. The standard InChI is InChI=1S/C14H14BrNOS/c1-10(13-7-4-8-18-13)16(2)14(17)11-5-3-6-12(15)9-11/h3-10H,1-2H3. The largest absolute Gasteiger partial charge is 0.334 e. The summed E-state index contributed by atoms with van der Waals surface area (Å²) in [6.45, 7) is 2.04. The Balaban J connectivity index is 2.19. The summed E-state index contributed by atoms with van der Waals surface area (Å²) in [6, 6.07) is 11.6. The van der Waals surface area contributed by atoms with E-state index in [1.807, 2.05) is 49.7 Å². The Morgan fingerprint density at radius 3 is 2.72 bits per heavy atom. The van der Waals surface area contributed by atoms with Crippen molar-refractivity contribution in [1.29, 1.82) is 0 Å². The molecule has 1 aromatic carbocycles. The van der Waals surface area contributed by atoms with Gasteiger partial charge in [0, 0.05) is 22.0 Å². The van der Waals surface area contributed by atoms with Crippen molar-refractivity contribution in [2.24, 2.45) is 0 Å². The normalized spacial score (nSPS) is 12.2. The summed E-state index contributed by atoms with van der Waals surface area (Å²) in [5, 5.41) is 2.03. The maximum atomic E-state index is 12.3. The molecule has 0 spiro atoms. The lowest BCUT2D eigenvalue weighted by Gasteiger charge is -2.24. The molecule has 2 nitrogen and oxygen atoms in total. The van der Waals surface area contributed by atoms with Gasteiger partial charge in [-0.1, -0.05) is 28.1 Å². The number of benzene rings is 1. The van der Waals surface area contributed by atoms with Gasteiger partial charge in [0.1, 0.15) is 0 Å². The summed E-state index contributed by atoms with van der Waals surface area (Å²) in [7, 11) is 1.84. The minimum absolute atomic E-state index is 0.0391. The average molecular weight is 324 g/mol. The van der Waals surface area contributed by atoms with Crippen molar-refractivity contribution in [3.63, 3.8) is 0 Å². The first-order valence-electron chi connectivity index (χ1n) is 5.65. The van der Waals surface area contributed by atoms with E-state index in [1.165, 1.54) is 4.88 Å². The molecule has 94 valence electrons. The number of hydrogen-bond donors (Lipinski definition) is 0. The van der Waals surface area contributed by atoms with E-state index in [0.29, 0.717) is 5.56 Å². The molecule has 0 aliphatic heterocycles. The molecule has 1 heterocycles. The van der Waals surface area contributed by atoms with Gasteiger partial charge in [-0.15, -0.1) is 11.3 Å².